The SMILES string of the molecule is [N-]=[N+]=NCC#Cc1cnc(F)c(C(=O)O)c1. The Morgan fingerprint density at radius 1 is 1.75 bits per heavy atom. The van der Waals surface area contributed by atoms with Gasteiger partial charge in [0.25, 0.3) is 0 Å². The Balaban J connectivity index is 2.97. The van der Waals surface area contributed by atoms with Gasteiger partial charge in [-0.25, -0.2) is 9.78 Å². The highest BCUT2D eigenvalue weighted by molar-refractivity contribution is 5.87. The zero-order chi connectivity index (χ0) is 12.0. The first-order valence-corrected chi connectivity index (χ1v) is 4.03. The number of aromatic carboxylic acids is 1. The molecule has 0 spiro atoms. The average molecular weight is 220 g/mol. The van der Waals surface area contributed by atoms with Crippen molar-refractivity contribution >= 4 is 5.97 Å². The number of pyridine rings is 1. The quantitative estimate of drug-likeness (QED) is 0.269. The zero-order valence-corrected chi connectivity index (χ0v) is 7.88. The van der Waals surface area contributed by atoms with Gasteiger partial charge in [0.1, 0.15) is 5.56 Å². The first-order chi connectivity index (χ1) is 7.65. The summed E-state index contributed by atoms with van der Waals surface area (Å²) in [6, 6.07) is 1.06. The Kier molecular flexibility index (Phi) is 3.83. The smallest absolute Gasteiger partial charge is 0.340 e. The molecule has 0 aromatic carbocycles. The van der Waals surface area contributed by atoms with Crippen LogP contribution in [0.25, 0.3) is 10.4 Å². The number of carbonyl (C=O) groups is 1. The van der Waals surface area contributed by atoms with Crippen LogP contribution in [0.5, 0.6) is 0 Å². The summed E-state index contributed by atoms with van der Waals surface area (Å²) in [5.74, 6) is 2.48. The van der Waals surface area contributed by atoms with Crippen LogP contribution in [0.4, 0.5) is 4.39 Å². The van der Waals surface area contributed by atoms with Gasteiger partial charge in [0, 0.05) is 16.7 Å². The molecule has 7 heteroatoms. The topological polar surface area (TPSA) is 99.0 Å². The molecule has 80 valence electrons. The summed E-state index contributed by atoms with van der Waals surface area (Å²) in [5, 5.41) is 11.8. The normalized spacial score (nSPS) is 8.56. The van der Waals surface area contributed by atoms with E-state index in [0.717, 1.165) is 12.3 Å². The molecule has 0 fully saturated rings. The van der Waals surface area contributed by atoms with Gasteiger partial charge in [0.15, 0.2) is 0 Å². The number of carboxylic acids is 1. The van der Waals surface area contributed by atoms with Crippen molar-refractivity contribution in [3.8, 4) is 11.8 Å². The summed E-state index contributed by atoms with van der Waals surface area (Å²) in [5.41, 5.74) is 7.66. The van der Waals surface area contributed by atoms with Gasteiger partial charge in [-0.2, -0.15) is 4.39 Å². The average Bonchev–Trinajstić information content (AvgIpc) is 2.26. The van der Waals surface area contributed by atoms with E-state index in [0.29, 0.717) is 0 Å². The minimum absolute atomic E-state index is 0.0454. The zero-order valence-electron chi connectivity index (χ0n) is 7.88. The minimum Gasteiger partial charge on any atom is -0.478 e. The number of hydrogen-bond acceptors (Lipinski definition) is 3. The van der Waals surface area contributed by atoms with Crippen LogP contribution < -0.4 is 0 Å². The molecule has 1 aromatic rings. The van der Waals surface area contributed by atoms with Crippen molar-refractivity contribution in [2.75, 3.05) is 6.54 Å². The van der Waals surface area contributed by atoms with E-state index in [4.69, 9.17) is 10.6 Å². The lowest BCUT2D eigenvalue weighted by molar-refractivity contribution is 0.0690. The summed E-state index contributed by atoms with van der Waals surface area (Å²) < 4.78 is 12.9. The second-order valence-electron chi connectivity index (χ2n) is 2.56. The van der Waals surface area contributed by atoms with Crippen molar-refractivity contribution in [2.24, 2.45) is 5.11 Å². The Labute approximate surface area is 89.4 Å². The van der Waals surface area contributed by atoms with Crippen LogP contribution >= 0.6 is 0 Å². The lowest BCUT2D eigenvalue weighted by Crippen LogP contribution is -2.03. The van der Waals surface area contributed by atoms with E-state index in [1.165, 1.54) is 0 Å². The van der Waals surface area contributed by atoms with Crippen LogP contribution in [0.1, 0.15) is 15.9 Å². The molecule has 0 aliphatic carbocycles. The van der Waals surface area contributed by atoms with Crippen LogP contribution in [0.2, 0.25) is 0 Å². The molecule has 16 heavy (non-hydrogen) atoms. The molecular weight excluding hydrogens is 215 g/mol. The maximum Gasteiger partial charge on any atom is 0.340 e. The van der Waals surface area contributed by atoms with Crippen LogP contribution in [-0.2, 0) is 0 Å². The third-order valence-corrected chi connectivity index (χ3v) is 1.52. The fourth-order valence-corrected chi connectivity index (χ4v) is 0.875. The van der Waals surface area contributed by atoms with Gasteiger partial charge < -0.3 is 5.11 Å². The summed E-state index contributed by atoms with van der Waals surface area (Å²) in [7, 11) is 0. The van der Waals surface area contributed by atoms with E-state index in [9.17, 15) is 9.18 Å². The van der Waals surface area contributed by atoms with E-state index in [1.54, 1.807) is 0 Å². The number of rotatable bonds is 2. The number of hydrogen-bond donors (Lipinski definition) is 1. The third kappa shape index (κ3) is 2.97. The fraction of sp³-hybridized carbons (Fsp3) is 0.111. The van der Waals surface area contributed by atoms with E-state index in [2.05, 4.69) is 26.9 Å². The monoisotopic (exact) mass is 220 g/mol. The second-order valence-corrected chi connectivity index (χ2v) is 2.56. The minimum atomic E-state index is -1.41. The molecule has 0 saturated carbocycles. The largest absolute Gasteiger partial charge is 0.478 e. The molecule has 1 rings (SSSR count). The molecular formula is C9H5FN4O2. The molecule has 1 aromatic heterocycles. The van der Waals surface area contributed by atoms with E-state index in [1.807, 2.05) is 0 Å². The molecule has 1 N–H and O–H groups in total. The van der Waals surface area contributed by atoms with Crippen LogP contribution in [0.3, 0.4) is 0 Å². The van der Waals surface area contributed by atoms with Crippen LogP contribution in [0.15, 0.2) is 17.4 Å². The van der Waals surface area contributed by atoms with Crippen LogP contribution in [-0.4, -0.2) is 22.6 Å². The molecule has 1 heterocycles. The van der Waals surface area contributed by atoms with Gasteiger partial charge in [-0.15, -0.1) is 0 Å². The molecule has 0 radical (unpaired) electrons. The number of azide groups is 1. The van der Waals surface area contributed by atoms with Crippen molar-refractivity contribution in [3.05, 3.63) is 39.8 Å². The van der Waals surface area contributed by atoms with Crippen molar-refractivity contribution in [2.45, 2.75) is 0 Å². The molecule has 0 amide bonds. The summed E-state index contributed by atoms with van der Waals surface area (Å²) >= 11 is 0. The summed E-state index contributed by atoms with van der Waals surface area (Å²) in [6.45, 7) is -0.0454. The maximum absolute atomic E-state index is 12.9. The predicted molar refractivity (Wildman–Crippen MR) is 52.0 cm³/mol. The van der Waals surface area contributed by atoms with Gasteiger partial charge in [-0.05, 0) is 11.6 Å². The predicted octanol–water partition coefficient (Wildman–Crippen LogP) is 1.58. The van der Waals surface area contributed by atoms with E-state index >= 15 is 0 Å². The van der Waals surface area contributed by atoms with Gasteiger partial charge >= 0.3 is 5.97 Å². The Morgan fingerprint density at radius 2 is 2.50 bits per heavy atom. The maximum atomic E-state index is 12.9. The Bertz CT molecular complexity index is 526. The number of halogens is 1. The number of aromatic nitrogens is 1. The fourth-order valence-electron chi connectivity index (χ4n) is 0.875. The van der Waals surface area contributed by atoms with Gasteiger partial charge in [0.2, 0.25) is 5.95 Å². The highest BCUT2D eigenvalue weighted by Gasteiger charge is 2.11. The standard InChI is InChI=1S/C9H5FN4O2/c10-8-7(9(15)16)4-6(5-12-8)2-1-3-13-14-11/h4-5H,3H2,(H,15,16). The first kappa shape index (κ1) is 11.5. The Hall–Kier alpha value is -2.58. The molecule has 0 bridgehead atoms. The molecule has 0 saturated heterocycles. The molecule has 0 unspecified atom stereocenters. The van der Waals surface area contributed by atoms with Gasteiger partial charge in [0.05, 0.1) is 6.54 Å². The summed E-state index contributed by atoms with van der Waals surface area (Å²) in [6.07, 6.45) is 1.10. The lowest BCUT2D eigenvalue weighted by Gasteiger charge is -1.96. The lowest BCUT2D eigenvalue weighted by atomic mass is 10.2. The third-order valence-electron chi connectivity index (χ3n) is 1.52. The van der Waals surface area contributed by atoms with Gasteiger partial charge in [-0.3, -0.25) is 0 Å². The first-order valence-electron chi connectivity index (χ1n) is 4.03. The highest BCUT2D eigenvalue weighted by Crippen LogP contribution is 2.06. The Morgan fingerprint density at radius 3 is 3.12 bits per heavy atom. The van der Waals surface area contributed by atoms with Crippen LogP contribution in [0, 0.1) is 17.8 Å². The van der Waals surface area contributed by atoms with Gasteiger partial charge in [-0.1, -0.05) is 17.0 Å². The molecule has 0 aliphatic heterocycles. The summed E-state index contributed by atoms with van der Waals surface area (Å²) in [4.78, 5) is 16.3. The van der Waals surface area contributed by atoms with E-state index in [-0.39, 0.29) is 12.1 Å². The van der Waals surface area contributed by atoms with Crippen molar-refractivity contribution in [1.29, 1.82) is 0 Å². The number of nitrogens with zero attached hydrogens (tertiary/aromatic N) is 4. The molecule has 0 atom stereocenters. The van der Waals surface area contributed by atoms with Crippen molar-refractivity contribution in [1.82, 2.24) is 4.98 Å². The highest BCUT2D eigenvalue weighted by atomic mass is 19.1. The number of carboxylic acid groups (broad SMARTS) is 1. The molecule has 6 nitrogen and oxygen atoms in total. The van der Waals surface area contributed by atoms with Crippen molar-refractivity contribution < 1.29 is 14.3 Å². The van der Waals surface area contributed by atoms with E-state index < -0.39 is 17.5 Å². The second kappa shape index (κ2) is 5.34. The van der Waals surface area contributed by atoms with Crippen molar-refractivity contribution in [3.63, 3.8) is 0 Å². The molecule has 0 aliphatic rings.